The first kappa shape index (κ1) is 19.4. The van der Waals surface area contributed by atoms with Crippen LogP contribution in [0.15, 0.2) is 47.8 Å². The van der Waals surface area contributed by atoms with Crippen LogP contribution in [0.4, 0.5) is 10.2 Å². The number of aromatic nitrogens is 3. The molecule has 0 saturated heterocycles. The second-order valence-electron chi connectivity index (χ2n) is 6.55. The molecule has 0 fully saturated rings. The number of thioether (sulfide) groups is 1. The van der Waals surface area contributed by atoms with Crippen molar-refractivity contribution in [2.45, 2.75) is 19.0 Å². The smallest absolute Gasteiger partial charge is 0.166 e. The SMILES string of the molecule is CC(C)CNc1cc(-c2nc(SCCO)[nH]c2-c2ccc(F)cc2)ccn1. The number of aliphatic hydroxyl groups excluding tert-OH is 1. The molecule has 3 rings (SSSR count). The van der Waals surface area contributed by atoms with Crippen LogP contribution in [-0.4, -0.2) is 39.0 Å². The highest BCUT2D eigenvalue weighted by Gasteiger charge is 2.15. The minimum absolute atomic E-state index is 0.0745. The number of benzene rings is 1. The summed E-state index contributed by atoms with van der Waals surface area (Å²) in [6.07, 6.45) is 1.75. The van der Waals surface area contributed by atoms with E-state index in [2.05, 4.69) is 29.1 Å². The van der Waals surface area contributed by atoms with Crippen LogP contribution >= 0.6 is 11.8 Å². The summed E-state index contributed by atoms with van der Waals surface area (Å²) < 4.78 is 13.3. The normalized spacial score (nSPS) is 11.1. The first-order chi connectivity index (χ1) is 13.1. The summed E-state index contributed by atoms with van der Waals surface area (Å²) in [4.78, 5) is 12.4. The number of aromatic amines is 1. The van der Waals surface area contributed by atoms with Gasteiger partial charge in [0.2, 0.25) is 0 Å². The van der Waals surface area contributed by atoms with Gasteiger partial charge in [-0.25, -0.2) is 14.4 Å². The van der Waals surface area contributed by atoms with E-state index < -0.39 is 0 Å². The summed E-state index contributed by atoms with van der Waals surface area (Å²) in [6.45, 7) is 5.19. The highest BCUT2D eigenvalue weighted by Crippen LogP contribution is 2.33. The zero-order chi connectivity index (χ0) is 19.2. The van der Waals surface area contributed by atoms with E-state index in [1.807, 2.05) is 12.1 Å². The van der Waals surface area contributed by atoms with Crippen molar-refractivity contribution in [1.82, 2.24) is 15.0 Å². The molecule has 3 N–H and O–H groups in total. The molecule has 0 amide bonds. The van der Waals surface area contributed by atoms with Crippen molar-refractivity contribution in [2.75, 3.05) is 24.2 Å². The fourth-order valence-corrected chi connectivity index (χ4v) is 3.19. The molecular weight excluding hydrogens is 363 g/mol. The lowest BCUT2D eigenvalue weighted by molar-refractivity contribution is 0.322. The number of hydrogen-bond acceptors (Lipinski definition) is 5. The third kappa shape index (κ3) is 5.08. The van der Waals surface area contributed by atoms with Crippen molar-refractivity contribution < 1.29 is 9.50 Å². The van der Waals surface area contributed by atoms with Crippen LogP contribution in [0.1, 0.15) is 13.8 Å². The van der Waals surface area contributed by atoms with E-state index >= 15 is 0 Å². The molecule has 1 aromatic carbocycles. The second kappa shape index (κ2) is 9.01. The fraction of sp³-hybridized carbons (Fsp3) is 0.300. The number of rotatable bonds is 8. The first-order valence-electron chi connectivity index (χ1n) is 8.86. The van der Waals surface area contributed by atoms with Crippen LogP contribution in [0.25, 0.3) is 22.5 Å². The van der Waals surface area contributed by atoms with E-state index in [0.717, 1.165) is 34.9 Å². The molecule has 142 valence electrons. The second-order valence-corrected chi connectivity index (χ2v) is 7.63. The largest absolute Gasteiger partial charge is 0.396 e. The van der Waals surface area contributed by atoms with Crippen molar-refractivity contribution in [3.05, 3.63) is 48.4 Å². The van der Waals surface area contributed by atoms with Gasteiger partial charge in [-0.05, 0) is 42.3 Å². The van der Waals surface area contributed by atoms with Crippen molar-refractivity contribution in [3.63, 3.8) is 0 Å². The van der Waals surface area contributed by atoms with Gasteiger partial charge in [0.25, 0.3) is 0 Å². The first-order valence-corrected chi connectivity index (χ1v) is 9.85. The number of halogens is 1. The molecule has 2 aromatic heterocycles. The monoisotopic (exact) mass is 386 g/mol. The lowest BCUT2D eigenvalue weighted by Gasteiger charge is -2.09. The summed E-state index contributed by atoms with van der Waals surface area (Å²) in [5.74, 6) is 1.57. The standard InChI is InChI=1S/C20H23FN4OS/c1-13(2)12-23-17-11-15(7-8-22-17)19-18(14-3-5-16(21)6-4-14)24-20(25-19)27-10-9-26/h3-8,11,13,26H,9-10,12H2,1-2H3,(H,22,23)(H,24,25). The molecule has 3 aromatic rings. The Labute approximate surface area is 162 Å². The quantitative estimate of drug-likeness (QED) is 0.500. The van der Waals surface area contributed by atoms with Crippen LogP contribution in [0.5, 0.6) is 0 Å². The lowest BCUT2D eigenvalue weighted by Crippen LogP contribution is -2.08. The van der Waals surface area contributed by atoms with E-state index in [1.165, 1.54) is 23.9 Å². The maximum Gasteiger partial charge on any atom is 0.166 e. The Morgan fingerprint density at radius 1 is 1.19 bits per heavy atom. The molecule has 0 unspecified atom stereocenters. The van der Waals surface area contributed by atoms with Gasteiger partial charge in [0.05, 0.1) is 18.0 Å². The summed E-state index contributed by atoms with van der Waals surface area (Å²) in [5, 5.41) is 13.1. The van der Waals surface area contributed by atoms with E-state index in [9.17, 15) is 4.39 Å². The average Bonchev–Trinajstić information content (AvgIpc) is 3.10. The molecule has 7 heteroatoms. The number of nitrogens with one attached hydrogen (secondary N) is 2. The lowest BCUT2D eigenvalue weighted by atomic mass is 10.1. The van der Waals surface area contributed by atoms with E-state index in [4.69, 9.17) is 10.1 Å². The molecule has 2 heterocycles. The Kier molecular flexibility index (Phi) is 6.47. The zero-order valence-corrected chi connectivity index (χ0v) is 16.2. The van der Waals surface area contributed by atoms with Gasteiger partial charge in [0.1, 0.15) is 11.6 Å². The highest BCUT2D eigenvalue weighted by atomic mass is 32.2. The summed E-state index contributed by atoms with van der Waals surface area (Å²) in [5.41, 5.74) is 3.36. The number of anilines is 1. The van der Waals surface area contributed by atoms with E-state index in [-0.39, 0.29) is 12.4 Å². The Morgan fingerprint density at radius 2 is 1.96 bits per heavy atom. The van der Waals surface area contributed by atoms with Crippen LogP contribution in [0, 0.1) is 11.7 Å². The molecule has 0 spiro atoms. The molecule has 0 aliphatic rings. The Morgan fingerprint density at radius 3 is 2.67 bits per heavy atom. The summed E-state index contributed by atoms with van der Waals surface area (Å²) in [6, 6.07) is 10.2. The third-order valence-electron chi connectivity index (χ3n) is 3.87. The van der Waals surface area contributed by atoms with Gasteiger partial charge in [-0.3, -0.25) is 0 Å². The van der Waals surface area contributed by atoms with Gasteiger partial charge in [-0.1, -0.05) is 25.6 Å². The van der Waals surface area contributed by atoms with Gasteiger partial charge in [0, 0.05) is 29.6 Å². The third-order valence-corrected chi connectivity index (χ3v) is 4.72. The Hall–Kier alpha value is -2.38. The van der Waals surface area contributed by atoms with Crippen LogP contribution in [0.3, 0.4) is 0 Å². The number of nitrogens with zero attached hydrogens (tertiary/aromatic N) is 2. The molecule has 0 aliphatic heterocycles. The Bertz CT molecular complexity index is 880. The maximum atomic E-state index is 13.3. The minimum atomic E-state index is -0.279. The van der Waals surface area contributed by atoms with Gasteiger partial charge < -0.3 is 15.4 Å². The molecule has 0 atom stereocenters. The van der Waals surface area contributed by atoms with Crippen molar-refractivity contribution in [1.29, 1.82) is 0 Å². The van der Waals surface area contributed by atoms with Crippen LogP contribution in [0.2, 0.25) is 0 Å². The molecule has 0 radical (unpaired) electrons. The topological polar surface area (TPSA) is 73.8 Å². The van der Waals surface area contributed by atoms with Crippen LogP contribution < -0.4 is 5.32 Å². The molecule has 0 bridgehead atoms. The Balaban J connectivity index is 1.99. The van der Waals surface area contributed by atoms with Crippen molar-refractivity contribution in [3.8, 4) is 22.5 Å². The van der Waals surface area contributed by atoms with Gasteiger partial charge >= 0.3 is 0 Å². The number of imidazole rings is 1. The molecule has 27 heavy (non-hydrogen) atoms. The molecule has 5 nitrogen and oxygen atoms in total. The number of H-pyrrole nitrogens is 1. The maximum absolute atomic E-state index is 13.3. The number of hydrogen-bond donors (Lipinski definition) is 3. The predicted molar refractivity (Wildman–Crippen MR) is 108 cm³/mol. The highest BCUT2D eigenvalue weighted by molar-refractivity contribution is 7.99. The molecular formula is C20H23FN4OS. The minimum Gasteiger partial charge on any atom is -0.396 e. The number of pyridine rings is 1. The zero-order valence-electron chi connectivity index (χ0n) is 15.4. The predicted octanol–water partition coefficient (Wildman–Crippen LogP) is 4.43. The van der Waals surface area contributed by atoms with Gasteiger partial charge in [-0.2, -0.15) is 0 Å². The van der Waals surface area contributed by atoms with Crippen LogP contribution in [-0.2, 0) is 0 Å². The molecule has 0 saturated carbocycles. The van der Waals surface area contributed by atoms with Crippen molar-refractivity contribution >= 4 is 17.6 Å². The number of aliphatic hydroxyl groups is 1. The average molecular weight is 386 g/mol. The van der Waals surface area contributed by atoms with E-state index in [1.54, 1.807) is 18.3 Å². The summed E-state index contributed by atoms with van der Waals surface area (Å²) >= 11 is 1.44. The van der Waals surface area contributed by atoms with Gasteiger partial charge in [0.15, 0.2) is 5.16 Å². The van der Waals surface area contributed by atoms with Crippen molar-refractivity contribution in [2.24, 2.45) is 5.92 Å². The summed E-state index contributed by atoms with van der Waals surface area (Å²) in [7, 11) is 0. The van der Waals surface area contributed by atoms with E-state index in [0.29, 0.717) is 16.8 Å². The van der Waals surface area contributed by atoms with Gasteiger partial charge in [-0.15, -0.1) is 0 Å². The molecule has 0 aliphatic carbocycles. The fourth-order valence-electron chi connectivity index (χ4n) is 2.58.